The first-order chi connectivity index (χ1) is 10.6. The van der Waals surface area contributed by atoms with E-state index in [1.807, 2.05) is 49.2 Å². The largest absolute Gasteiger partial charge is 0.441 e. The maximum Gasteiger partial charge on any atom is 0.228 e. The first kappa shape index (κ1) is 14.8. The van der Waals surface area contributed by atoms with Crippen molar-refractivity contribution >= 4 is 5.91 Å². The van der Waals surface area contributed by atoms with Gasteiger partial charge in [-0.05, 0) is 44.7 Å². The van der Waals surface area contributed by atoms with E-state index < -0.39 is 0 Å². The second-order valence-corrected chi connectivity index (χ2v) is 6.15. The number of hydrogen-bond donors (Lipinski definition) is 0. The van der Waals surface area contributed by atoms with Crippen molar-refractivity contribution in [3.63, 3.8) is 0 Å². The van der Waals surface area contributed by atoms with Crippen molar-refractivity contribution in [1.29, 1.82) is 0 Å². The zero-order chi connectivity index (χ0) is 15.7. The summed E-state index contributed by atoms with van der Waals surface area (Å²) in [5.41, 5.74) is 1.67. The molecule has 1 aromatic carbocycles. The lowest BCUT2D eigenvalue weighted by molar-refractivity contribution is -0.131. The minimum atomic E-state index is 0.107. The van der Waals surface area contributed by atoms with Crippen molar-refractivity contribution in [2.75, 3.05) is 7.05 Å². The summed E-state index contributed by atoms with van der Waals surface area (Å²) in [7, 11) is 1.89. The normalized spacial score (nSPS) is 15.6. The van der Waals surface area contributed by atoms with E-state index in [4.69, 9.17) is 4.42 Å². The molecule has 1 unspecified atom stereocenters. The van der Waals surface area contributed by atoms with Gasteiger partial charge < -0.3 is 9.32 Å². The summed E-state index contributed by atoms with van der Waals surface area (Å²) in [6, 6.07) is 10.1. The molecule has 1 fully saturated rings. The van der Waals surface area contributed by atoms with Gasteiger partial charge in [0.05, 0.1) is 12.1 Å². The number of benzene rings is 1. The first-order valence-electron chi connectivity index (χ1n) is 7.83. The summed E-state index contributed by atoms with van der Waals surface area (Å²) in [4.78, 5) is 18.8. The Hall–Kier alpha value is -2.10. The summed E-state index contributed by atoms with van der Waals surface area (Å²) in [5.74, 6) is 2.08. The van der Waals surface area contributed by atoms with Crippen LogP contribution in [0.15, 0.2) is 34.7 Å². The minimum absolute atomic E-state index is 0.107. The van der Waals surface area contributed by atoms with E-state index in [1.54, 1.807) is 0 Å². The third-order valence-corrected chi connectivity index (χ3v) is 4.54. The van der Waals surface area contributed by atoms with Gasteiger partial charge in [0.15, 0.2) is 0 Å². The maximum absolute atomic E-state index is 12.4. The van der Waals surface area contributed by atoms with Gasteiger partial charge >= 0.3 is 0 Å². The van der Waals surface area contributed by atoms with Gasteiger partial charge in [0.2, 0.25) is 11.8 Å². The highest BCUT2D eigenvalue weighted by molar-refractivity contribution is 5.78. The molecular formula is C18H22N2O2. The van der Waals surface area contributed by atoms with Crippen molar-refractivity contribution in [1.82, 2.24) is 9.88 Å². The number of rotatable bonds is 5. The molecule has 0 bridgehead atoms. The maximum atomic E-state index is 12.4. The van der Waals surface area contributed by atoms with E-state index >= 15 is 0 Å². The summed E-state index contributed by atoms with van der Waals surface area (Å²) in [6.45, 7) is 3.99. The average molecular weight is 298 g/mol. The van der Waals surface area contributed by atoms with Gasteiger partial charge in [0.25, 0.3) is 0 Å². The molecule has 1 amide bonds. The van der Waals surface area contributed by atoms with Crippen LogP contribution in [0.25, 0.3) is 11.5 Å². The molecule has 1 aromatic heterocycles. The van der Waals surface area contributed by atoms with Crippen LogP contribution in [0.3, 0.4) is 0 Å². The van der Waals surface area contributed by atoms with E-state index in [9.17, 15) is 4.79 Å². The molecule has 1 saturated carbocycles. The number of oxazole rings is 1. The van der Waals surface area contributed by atoms with Crippen molar-refractivity contribution in [2.24, 2.45) is 5.92 Å². The minimum Gasteiger partial charge on any atom is -0.441 e. The predicted octanol–water partition coefficient (Wildman–Crippen LogP) is 3.45. The molecule has 0 aliphatic heterocycles. The van der Waals surface area contributed by atoms with Gasteiger partial charge in [-0.2, -0.15) is 0 Å². The highest BCUT2D eigenvalue weighted by Gasteiger charge is 2.32. The molecule has 0 radical (unpaired) electrons. The second-order valence-electron chi connectivity index (χ2n) is 6.15. The van der Waals surface area contributed by atoms with Crippen LogP contribution >= 0.6 is 0 Å². The van der Waals surface area contributed by atoms with Crippen LogP contribution in [-0.2, 0) is 11.2 Å². The van der Waals surface area contributed by atoms with Crippen molar-refractivity contribution in [3.05, 3.63) is 41.8 Å². The van der Waals surface area contributed by atoms with Gasteiger partial charge in [-0.1, -0.05) is 18.2 Å². The third kappa shape index (κ3) is 3.06. The predicted molar refractivity (Wildman–Crippen MR) is 85.3 cm³/mol. The molecule has 0 spiro atoms. The third-order valence-electron chi connectivity index (χ3n) is 4.54. The van der Waals surface area contributed by atoms with Gasteiger partial charge in [-0.3, -0.25) is 4.79 Å². The van der Waals surface area contributed by atoms with Gasteiger partial charge in [0, 0.05) is 18.7 Å². The number of carbonyl (C=O) groups is 1. The van der Waals surface area contributed by atoms with Crippen molar-refractivity contribution in [3.8, 4) is 11.5 Å². The number of aromatic nitrogens is 1. The molecule has 1 aliphatic carbocycles. The standard InChI is InChI=1S/C18H22N2O2/c1-12(14-9-10-14)20(3)17(21)11-16-13(2)22-18(19-16)15-7-5-4-6-8-15/h4-8,12,14H,9-11H2,1-3H3. The van der Waals surface area contributed by atoms with Crippen molar-refractivity contribution in [2.45, 2.75) is 39.2 Å². The SMILES string of the molecule is Cc1oc(-c2ccccc2)nc1CC(=O)N(C)C(C)C1CC1. The lowest BCUT2D eigenvalue weighted by Crippen LogP contribution is -2.37. The van der Waals surface area contributed by atoms with Crippen LogP contribution in [0.5, 0.6) is 0 Å². The Balaban J connectivity index is 1.72. The lowest BCUT2D eigenvalue weighted by atomic mass is 10.1. The Morgan fingerprint density at radius 2 is 2.05 bits per heavy atom. The topological polar surface area (TPSA) is 46.3 Å². The Morgan fingerprint density at radius 1 is 1.36 bits per heavy atom. The van der Waals surface area contributed by atoms with E-state index in [2.05, 4.69) is 11.9 Å². The van der Waals surface area contributed by atoms with Gasteiger partial charge in [-0.25, -0.2) is 4.98 Å². The monoisotopic (exact) mass is 298 g/mol. The molecule has 116 valence electrons. The zero-order valence-electron chi connectivity index (χ0n) is 13.4. The van der Waals surface area contributed by atoms with Crippen LogP contribution in [0.4, 0.5) is 0 Å². The van der Waals surface area contributed by atoms with E-state index in [0.717, 1.165) is 17.0 Å². The van der Waals surface area contributed by atoms with E-state index in [-0.39, 0.29) is 5.91 Å². The first-order valence-corrected chi connectivity index (χ1v) is 7.83. The molecule has 0 N–H and O–H groups in total. The number of nitrogens with zero attached hydrogens (tertiary/aromatic N) is 2. The molecule has 2 aromatic rings. The highest BCUT2D eigenvalue weighted by Crippen LogP contribution is 2.34. The summed E-state index contributed by atoms with van der Waals surface area (Å²) in [5, 5.41) is 0. The fourth-order valence-electron chi connectivity index (χ4n) is 2.69. The number of aryl methyl sites for hydroxylation is 1. The van der Waals surface area contributed by atoms with Crippen LogP contribution in [-0.4, -0.2) is 28.9 Å². The Morgan fingerprint density at radius 3 is 2.68 bits per heavy atom. The zero-order valence-corrected chi connectivity index (χ0v) is 13.4. The lowest BCUT2D eigenvalue weighted by Gasteiger charge is -2.24. The second kappa shape index (κ2) is 5.95. The fraction of sp³-hybridized carbons (Fsp3) is 0.444. The molecule has 4 nitrogen and oxygen atoms in total. The number of carbonyl (C=O) groups excluding carboxylic acids is 1. The molecule has 1 aliphatic rings. The molecule has 1 heterocycles. The van der Waals surface area contributed by atoms with E-state index in [1.165, 1.54) is 12.8 Å². The number of likely N-dealkylation sites (N-methyl/N-ethyl adjacent to an activating group) is 1. The molecular weight excluding hydrogens is 276 g/mol. The summed E-state index contributed by atoms with van der Waals surface area (Å²) < 4.78 is 5.72. The van der Waals surface area contributed by atoms with E-state index in [0.29, 0.717) is 24.3 Å². The van der Waals surface area contributed by atoms with Gasteiger partial charge in [-0.15, -0.1) is 0 Å². The van der Waals surface area contributed by atoms with Crippen LogP contribution < -0.4 is 0 Å². The Kier molecular flexibility index (Phi) is 4.01. The fourth-order valence-corrected chi connectivity index (χ4v) is 2.69. The average Bonchev–Trinajstić information content (AvgIpc) is 3.32. The Bertz CT molecular complexity index is 659. The number of hydrogen-bond acceptors (Lipinski definition) is 3. The Labute approximate surface area is 131 Å². The number of amides is 1. The summed E-state index contributed by atoms with van der Waals surface area (Å²) >= 11 is 0. The van der Waals surface area contributed by atoms with Crippen molar-refractivity contribution < 1.29 is 9.21 Å². The van der Waals surface area contributed by atoms with Crippen LogP contribution in [0.1, 0.15) is 31.2 Å². The molecule has 3 rings (SSSR count). The van der Waals surface area contributed by atoms with Gasteiger partial charge in [0.1, 0.15) is 5.76 Å². The quantitative estimate of drug-likeness (QED) is 0.849. The smallest absolute Gasteiger partial charge is 0.228 e. The molecule has 1 atom stereocenters. The molecule has 4 heteroatoms. The van der Waals surface area contributed by atoms with Crippen LogP contribution in [0, 0.1) is 12.8 Å². The molecule has 0 saturated heterocycles. The van der Waals surface area contributed by atoms with Crippen LogP contribution in [0.2, 0.25) is 0 Å². The molecule has 22 heavy (non-hydrogen) atoms. The highest BCUT2D eigenvalue weighted by atomic mass is 16.4. The summed E-state index contributed by atoms with van der Waals surface area (Å²) in [6.07, 6.45) is 2.77.